The summed E-state index contributed by atoms with van der Waals surface area (Å²) in [5, 5.41) is 2.93. The Balaban J connectivity index is 1.86. The highest BCUT2D eigenvalue weighted by Crippen LogP contribution is 2.08. The van der Waals surface area contributed by atoms with E-state index in [1.165, 1.54) is 6.33 Å². The smallest absolute Gasteiger partial charge is 0.155 e. The molecule has 0 amide bonds. The van der Waals surface area contributed by atoms with Crippen LogP contribution in [0.1, 0.15) is 5.56 Å². The molecule has 1 aromatic heterocycles. The molecule has 0 spiro atoms. The molecule has 5 heteroatoms. The summed E-state index contributed by atoms with van der Waals surface area (Å²) in [5.41, 5.74) is 3.88. The molecule has 5 nitrogen and oxygen atoms in total. The average molecular weight is 230 g/mol. The number of anilines is 2. The molecule has 2 rings (SSSR count). The van der Waals surface area contributed by atoms with Crippen molar-refractivity contribution in [2.24, 2.45) is 0 Å². The summed E-state index contributed by atoms with van der Waals surface area (Å²) in [6.45, 7) is 0.486. The zero-order valence-electron chi connectivity index (χ0n) is 9.55. The predicted octanol–water partition coefficient (Wildman–Crippen LogP) is 2.06. The van der Waals surface area contributed by atoms with Crippen LogP contribution in [0, 0.1) is 0 Å². The number of aromatic nitrogens is 2. The van der Waals surface area contributed by atoms with E-state index in [9.17, 15) is 0 Å². The molecule has 0 saturated carbocycles. The fourth-order valence-corrected chi connectivity index (χ4v) is 1.32. The van der Waals surface area contributed by atoms with Crippen LogP contribution in [0.2, 0.25) is 0 Å². The van der Waals surface area contributed by atoms with Crippen LogP contribution in [0.5, 0.6) is 0 Å². The molecular weight excluding hydrogens is 216 g/mol. The van der Waals surface area contributed by atoms with Gasteiger partial charge in [0, 0.05) is 13.1 Å². The number of benzene rings is 1. The molecule has 0 saturated heterocycles. The molecule has 17 heavy (non-hydrogen) atoms. The van der Waals surface area contributed by atoms with Gasteiger partial charge in [0.05, 0.1) is 6.61 Å². The van der Waals surface area contributed by atoms with Crippen molar-refractivity contribution in [2.45, 2.75) is 6.61 Å². The third kappa shape index (κ3) is 3.42. The van der Waals surface area contributed by atoms with Crippen LogP contribution in [-0.2, 0) is 11.4 Å². The van der Waals surface area contributed by atoms with Gasteiger partial charge in [-0.05, 0) is 5.56 Å². The van der Waals surface area contributed by atoms with Crippen LogP contribution in [0.3, 0.4) is 0 Å². The minimum atomic E-state index is 0.486. The fourth-order valence-electron chi connectivity index (χ4n) is 1.32. The maximum atomic E-state index is 5.34. The Morgan fingerprint density at radius 3 is 2.65 bits per heavy atom. The van der Waals surface area contributed by atoms with Crippen LogP contribution < -0.4 is 10.8 Å². The van der Waals surface area contributed by atoms with Crippen LogP contribution >= 0.6 is 0 Å². The summed E-state index contributed by atoms with van der Waals surface area (Å²) in [6.07, 6.45) is 1.47. The molecule has 0 fully saturated rings. The maximum absolute atomic E-state index is 5.34. The van der Waals surface area contributed by atoms with Gasteiger partial charge in [-0.1, -0.05) is 30.3 Å². The average Bonchev–Trinajstić information content (AvgIpc) is 2.40. The van der Waals surface area contributed by atoms with Gasteiger partial charge in [0.2, 0.25) is 0 Å². The van der Waals surface area contributed by atoms with E-state index in [1.807, 2.05) is 30.3 Å². The number of nitrogens with zero attached hydrogens (tertiary/aromatic N) is 2. The SMILES string of the molecule is CNc1cc(NOCc2ccccc2)ncn1. The van der Waals surface area contributed by atoms with E-state index in [-0.39, 0.29) is 0 Å². The lowest BCUT2D eigenvalue weighted by Gasteiger charge is -2.07. The largest absolute Gasteiger partial charge is 0.373 e. The van der Waals surface area contributed by atoms with Crippen molar-refractivity contribution in [3.05, 3.63) is 48.3 Å². The first-order valence-corrected chi connectivity index (χ1v) is 5.30. The summed E-state index contributed by atoms with van der Waals surface area (Å²) in [7, 11) is 1.80. The Morgan fingerprint density at radius 1 is 1.12 bits per heavy atom. The van der Waals surface area contributed by atoms with E-state index in [2.05, 4.69) is 20.8 Å². The topological polar surface area (TPSA) is 59.1 Å². The number of nitrogens with one attached hydrogen (secondary N) is 2. The van der Waals surface area contributed by atoms with Crippen LogP contribution in [0.4, 0.5) is 11.6 Å². The molecule has 88 valence electrons. The molecule has 0 unspecified atom stereocenters. The summed E-state index contributed by atoms with van der Waals surface area (Å²) in [5.74, 6) is 1.37. The quantitative estimate of drug-likeness (QED) is 0.770. The van der Waals surface area contributed by atoms with Gasteiger partial charge in [0.15, 0.2) is 5.82 Å². The third-order valence-corrected chi connectivity index (χ3v) is 2.18. The van der Waals surface area contributed by atoms with E-state index in [4.69, 9.17) is 4.84 Å². The van der Waals surface area contributed by atoms with E-state index in [0.29, 0.717) is 12.4 Å². The molecule has 2 N–H and O–H groups in total. The van der Waals surface area contributed by atoms with E-state index < -0.39 is 0 Å². The maximum Gasteiger partial charge on any atom is 0.155 e. The second-order valence-corrected chi connectivity index (χ2v) is 3.41. The Labute approximate surface area is 99.8 Å². The summed E-state index contributed by atoms with van der Waals surface area (Å²) in [4.78, 5) is 13.4. The van der Waals surface area contributed by atoms with Gasteiger partial charge in [-0.15, -0.1) is 0 Å². The summed E-state index contributed by atoms with van der Waals surface area (Å²) < 4.78 is 0. The third-order valence-electron chi connectivity index (χ3n) is 2.18. The summed E-state index contributed by atoms with van der Waals surface area (Å²) >= 11 is 0. The van der Waals surface area contributed by atoms with E-state index in [0.717, 1.165) is 11.4 Å². The molecule has 0 bridgehead atoms. The number of hydrogen-bond donors (Lipinski definition) is 2. The van der Waals surface area contributed by atoms with Crippen molar-refractivity contribution >= 4 is 11.6 Å². The normalized spacial score (nSPS) is 9.94. The highest BCUT2D eigenvalue weighted by atomic mass is 16.6. The molecule has 1 heterocycles. The molecule has 0 aliphatic rings. The zero-order chi connectivity index (χ0) is 11.9. The van der Waals surface area contributed by atoms with E-state index >= 15 is 0 Å². The molecule has 1 aromatic carbocycles. The lowest BCUT2D eigenvalue weighted by molar-refractivity contribution is 0.179. The number of hydrogen-bond acceptors (Lipinski definition) is 5. The first kappa shape index (κ1) is 11.3. The van der Waals surface area contributed by atoms with Crippen LogP contribution in [0.25, 0.3) is 0 Å². The molecular formula is C12H14N4O. The van der Waals surface area contributed by atoms with Gasteiger partial charge in [-0.2, -0.15) is 0 Å². The van der Waals surface area contributed by atoms with Gasteiger partial charge < -0.3 is 5.32 Å². The van der Waals surface area contributed by atoms with Crippen molar-refractivity contribution in [2.75, 3.05) is 17.8 Å². The molecule has 2 aromatic rings. The van der Waals surface area contributed by atoms with Gasteiger partial charge in [-0.25, -0.2) is 15.4 Å². The monoisotopic (exact) mass is 230 g/mol. The van der Waals surface area contributed by atoms with Gasteiger partial charge in [-0.3, -0.25) is 4.84 Å². The van der Waals surface area contributed by atoms with Crippen LogP contribution in [0.15, 0.2) is 42.7 Å². The van der Waals surface area contributed by atoms with Gasteiger partial charge >= 0.3 is 0 Å². The second-order valence-electron chi connectivity index (χ2n) is 3.41. The lowest BCUT2D eigenvalue weighted by atomic mass is 10.2. The molecule has 0 radical (unpaired) electrons. The van der Waals surface area contributed by atoms with Crippen LogP contribution in [-0.4, -0.2) is 17.0 Å². The Morgan fingerprint density at radius 2 is 1.88 bits per heavy atom. The highest BCUT2D eigenvalue weighted by Gasteiger charge is 1.97. The standard InChI is InChI=1S/C12H14N4O/c1-13-11-7-12(15-9-14-11)16-17-8-10-5-3-2-4-6-10/h2-7,9H,8H2,1H3,(H2,13,14,15,16). The summed E-state index contributed by atoms with van der Waals surface area (Å²) in [6, 6.07) is 11.7. The lowest BCUT2D eigenvalue weighted by Crippen LogP contribution is -2.04. The minimum absolute atomic E-state index is 0.486. The zero-order valence-corrected chi connectivity index (χ0v) is 9.55. The van der Waals surface area contributed by atoms with Gasteiger partial charge in [0.1, 0.15) is 12.1 Å². The first-order chi connectivity index (χ1) is 8.38. The minimum Gasteiger partial charge on any atom is -0.373 e. The molecule has 0 aliphatic carbocycles. The second kappa shape index (κ2) is 5.81. The number of rotatable bonds is 5. The predicted molar refractivity (Wildman–Crippen MR) is 66.4 cm³/mol. The van der Waals surface area contributed by atoms with Crippen molar-refractivity contribution in [1.29, 1.82) is 0 Å². The first-order valence-electron chi connectivity index (χ1n) is 5.30. The fraction of sp³-hybridized carbons (Fsp3) is 0.167. The molecule has 0 atom stereocenters. The van der Waals surface area contributed by atoms with E-state index in [1.54, 1.807) is 13.1 Å². The van der Waals surface area contributed by atoms with Crippen molar-refractivity contribution in [1.82, 2.24) is 9.97 Å². The van der Waals surface area contributed by atoms with Gasteiger partial charge in [0.25, 0.3) is 0 Å². The highest BCUT2D eigenvalue weighted by molar-refractivity contribution is 5.44. The Hall–Kier alpha value is -2.14. The van der Waals surface area contributed by atoms with Crippen molar-refractivity contribution < 1.29 is 4.84 Å². The van der Waals surface area contributed by atoms with Crippen molar-refractivity contribution in [3.63, 3.8) is 0 Å². The Kier molecular flexibility index (Phi) is 3.88. The Bertz CT molecular complexity index is 461. The van der Waals surface area contributed by atoms with Crippen molar-refractivity contribution in [3.8, 4) is 0 Å². The molecule has 0 aliphatic heterocycles.